The minimum atomic E-state index is -0.943. The molecule has 3 rings (SSSR count). The Morgan fingerprint density at radius 3 is 2.47 bits per heavy atom. The van der Waals surface area contributed by atoms with Crippen LogP contribution in [0.1, 0.15) is 28.4 Å². The number of nitrogens with two attached hydrogens (primary N) is 2. The molecule has 3 aromatic carbocycles. The predicted molar refractivity (Wildman–Crippen MR) is 129 cm³/mol. The number of amidine groups is 1. The van der Waals surface area contributed by atoms with Gasteiger partial charge in [-0.15, -0.1) is 0 Å². The van der Waals surface area contributed by atoms with Gasteiger partial charge in [-0.2, -0.15) is 0 Å². The molecular formula is C25H26N4O5. The Bertz CT molecular complexity index is 1180. The van der Waals surface area contributed by atoms with Crippen LogP contribution in [-0.4, -0.2) is 31.7 Å². The molecule has 176 valence electrons. The molecule has 0 saturated carbocycles. The van der Waals surface area contributed by atoms with E-state index >= 15 is 0 Å². The highest BCUT2D eigenvalue weighted by atomic mass is 16.8. The summed E-state index contributed by atoms with van der Waals surface area (Å²) in [6.45, 7) is 2.12. The van der Waals surface area contributed by atoms with Crippen LogP contribution in [0.3, 0.4) is 0 Å². The molecule has 0 heterocycles. The van der Waals surface area contributed by atoms with Gasteiger partial charge in [-0.05, 0) is 47.9 Å². The molecule has 9 nitrogen and oxygen atoms in total. The average molecular weight is 463 g/mol. The number of oxime groups is 1. The summed E-state index contributed by atoms with van der Waals surface area (Å²) in [5.41, 5.74) is 10.3. The van der Waals surface area contributed by atoms with Crippen LogP contribution in [0, 0.1) is 0 Å². The van der Waals surface area contributed by atoms with Gasteiger partial charge in [-0.3, -0.25) is 4.84 Å². The number of hydrogen-bond donors (Lipinski definition) is 2. The number of hydrazine groups is 1. The van der Waals surface area contributed by atoms with E-state index < -0.39 is 12.1 Å². The smallest absolute Gasteiger partial charge is 0.465 e. The van der Waals surface area contributed by atoms with E-state index in [1.807, 2.05) is 48.5 Å². The summed E-state index contributed by atoms with van der Waals surface area (Å²) in [6.07, 6.45) is -0.943. The molecule has 0 amide bonds. The Morgan fingerprint density at radius 1 is 1.00 bits per heavy atom. The summed E-state index contributed by atoms with van der Waals surface area (Å²) in [4.78, 5) is 28.1. The van der Waals surface area contributed by atoms with Crippen molar-refractivity contribution in [2.75, 3.05) is 18.7 Å². The second kappa shape index (κ2) is 11.5. The number of carbonyl (C=O) groups is 2. The van der Waals surface area contributed by atoms with Gasteiger partial charge >= 0.3 is 12.1 Å². The standard InChI is InChI=1S/C25H26N4O5/c1-3-33-25(31)34-28-23(26)22-14-17(12-13-21(22)18-8-5-4-6-9-18)16-29(27)20-11-7-10-19(15-20)24(30)32-2/h4-15H,3,16,27H2,1-2H3,(H2,26,28). The maximum absolute atomic E-state index is 11.8. The van der Waals surface area contributed by atoms with Crippen molar-refractivity contribution in [2.45, 2.75) is 13.5 Å². The number of ether oxygens (including phenoxy) is 2. The number of esters is 1. The lowest BCUT2D eigenvalue weighted by molar-refractivity contribution is 0.0596. The summed E-state index contributed by atoms with van der Waals surface area (Å²) < 4.78 is 9.49. The van der Waals surface area contributed by atoms with Crippen molar-refractivity contribution in [2.24, 2.45) is 16.7 Å². The Balaban J connectivity index is 1.92. The predicted octanol–water partition coefficient (Wildman–Crippen LogP) is 3.81. The Morgan fingerprint density at radius 2 is 1.76 bits per heavy atom. The zero-order valence-electron chi connectivity index (χ0n) is 18.9. The van der Waals surface area contributed by atoms with Gasteiger partial charge in [0.05, 0.1) is 31.5 Å². The van der Waals surface area contributed by atoms with Gasteiger partial charge in [0.2, 0.25) is 0 Å². The first-order chi connectivity index (χ1) is 16.4. The lowest BCUT2D eigenvalue weighted by Crippen LogP contribution is -2.30. The van der Waals surface area contributed by atoms with Crippen molar-refractivity contribution in [1.29, 1.82) is 0 Å². The number of carbonyl (C=O) groups excluding carboxylic acids is 2. The SMILES string of the molecule is CCOC(=O)O/N=C(\N)c1cc(CN(N)c2cccc(C(=O)OC)c2)ccc1-c1ccccc1. The lowest BCUT2D eigenvalue weighted by Gasteiger charge is -2.20. The zero-order valence-corrected chi connectivity index (χ0v) is 18.9. The third-order valence-corrected chi connectivity index (χ3v) is 4.88. The molecule has 4 N–H and O–H groups in total. The molecule has 0 saturated heterocycles. The molecule has 0 radical (unpaired) electrons. The third-order valence-electron chi connectivity index (χ3n) is 4.88. The first-order valence-corrected chi connectivity index (χ1v) is 10.5. The normalized spacial score (nSPS) is 11.0. The van der Waals surface area contributed by atoms with Crippen LogP contribution in [-0.2, 0) is 20.9 Å². The maximum Gasteiger partial charge on any atom is 0.535 e. The quantitative estimate of drug-likeness (QED) is 0.129. The largest absolute Gasteiger partial charge is 0.535 e. The van der Waals surface area contributed by atoms with Crippen molar-refractivity contribution in [1.82, 2.24) is 0 Å². The zero-order chi connectivity index (χ0) is 24.5. The minimum absolute atomic E-state index is 0.00464. The molecule has 0 atom stereocenters. The van der Waals surface area contributed by atoms with Crippen molar-refractivity contribution < 1.29 is 23.9 Å². The fourth-order valence-corrected chi connectivity index (χ4v) is 3.27. The van der Waals surface area contributed by atoms with Crippen molar-refractivity contribution >= 4 is 23.6 Å². The van der Waals surface area contributed by atoms with E-state index in [0.717, 1.165) is 16.7 Å². The number of anilines is 1. The van der Waals surface area contributed by atoms with E-state index in [0.29, 0.717) is 23.4 Å². The average Bonchev–Trinajstić information content (AvgIpc) is 2.87. The van der Waals surface area contributed by atoms with E-state index in [9.17, 15) is 9.59 Å². The fourth-order valence-electron chi connectivity index (χ4n) is 3.27. The van der Waals surface area contributed by atoms with Crippen molar-refractivity contribution in [3.8, 4) is 11.1 Å². The fraction of sp³-hybridized carbons (Fsp3) is 0.160. The van der Waals surface area contributed by atoms with Crippen LogP contribution in [0.4, 0.5) is 10.5 Å². The highest BCUT2D eigenvalue weighted by Crippen LogP contribution is 2.26. The molecule has 0 unspecified atom stereocenters. The molecule has 0 bridgehead atoms. The first-order valence-electron chi connectivity index (χ1n) is 10.5. The van der Waals surface area contributed by atoms with Crippen LogP contribution in [0.5, 0.6) is 0 Å². The van der Waals surface area contributed by atoms with E-state index in [1.165, 1.54) is 12.1 Å². The summed E-state index contributed by atoms with van der Waals surface area (Å²) in [6, 6.07) is 22.0. The van der Waals surface area contributed by atoms with Gasteiger partial charge in [-0.1, -0.05) is 53.7 Å². The van der Waals surface area contributed by atoms with Gasteiger partial charge in [0.25, 0.3) is 0 Å². The van der Waals surface area contributed by atoms with E-state index in [2.05, 4.69) is 5.16 Å². The lowest BCUT2D eigenvalue weighted by atomic mass is 9.96. The number of rotatable bonds is 8. The van der Waals surface area contributed by atoms with Gasteiger partial charge < -0.3 is 20.2 Å². The second-order valence-electron chi connectivity index (χ2n) is 7.17. The van der Waals surface area contributed by atoms with E-state index in [1.54, 1.807) is 31.2 Å². The molecule has 0 aliphatic heterocycles. The molecule has 3 aromatic rings. The molecule has 9 heteroatoms. The monoisotopic (exact) mass is 462 g/mol. The van der Waals surface area contributed by atoms with Crippen LogP contribution in [0.25, 0.3) is 11.1 Å². The number of nitrogens with zero attached hydrogens (tertiary/aromatic N) is 2. The topological polar surface area (TPSA) is 129 Å². The van der Waals surface area contributed by atoms with Crippen LogP contribution >= 0.6 is 0 Å². The van der Waals surface area contributed by atoms with E-state index in [4.69, 9.17) is 25.9 Å². The summed E-state index contributed by atoms with van der Waals surface area (Å²) in [5, 5.41) is 5.24. The molecule has 0 aliphatic rings. The summed E-state index contributed by atoms with van der Waals surface area (Å²) in [7, 11) is 1.32. The minimum Gasteiger partial charge on any atom is -0.465 e. The van der Waals surface area contributed by atoms with Crippen LogP contribution in [0.2, 0.25) is 0 Å². The number of methoxy groups -OCH3 is 1. The van der Waals surface area contributed by atoms with Crippen LogP contribution in [0.15, 0.2) is 78.0 Å². The highest BCUT2D eigenvalue weighted by molar-refractivity contribution is 6.03. The van der Waals surface area contributed by atoms with Gasteiger partial charge in [-0.25, -0.2) is 15.4 Å². The Hall–Kier alpha value is -4.37. The number of hydrogen-bond acceptors (Lipinski definition) is 8. The molecular weight excluding hydrogens is 436 g/mol. The Labute approximate surface area is 197 Å². The third kappa shape index (κ3) is 6.11. The van der Waals surface area contributed by atoms with Gasteiger partial charge in [0.1, 0.15) is 0 Å². The Kier molecular flexibility index (Phi) is 8.20. The maximum atomic E-state index is 11.8. The van der Waals surface area contributed by atoms with E-state index in [-0.39, 0.29) is 12.4 Å². The highest BCUT2D eigenvalue weighted by Gasteiger charge is 2.14. The molecule has 0 fully saturated rings. The molecule has 0 aliphatic carbocycles. The van der Waals surface area contributed by atoms with Gasteiger partial charge in [0.15, 0.2) is 5.84 Å². The second-order valence-corrected chi connectivity index (χ2v) is 7.17. The van der Waals surface area contributed by atoms with Crippen LogP contribution < -0.4 is 16.6 Å². The molecule has 0 spiro atoms. The van der Waals surface area contributed by atoms with Crippen molar-refractivity contribution in [3.05, 3.63) is 89.5 Å². The summed E-state index contributed by atoms with van der Waals surface area (Å²) in [5.74, 6) is 5.83. The summed E-state index contributed by atoms with van der Waals surface area (Å²) >= 11 is 0. The van der Waals surface area contributed by atoms with Gasteiger partial charge in [0, 0.05) is 5.56 Å². The molecule has 0 aromatic heterocycles. The first kappa shape index (κ1) is 24.3. The number of benzene rings is 3. The molecule has 34 heavy (non-hydrogen) atoms. The van der Waals surface area contributed by atoms with Crippen molar-refractivity contribution in [3.63, 3.8) is 0 Å².